The number of hydrogen-bond acceptors (Lipinski definition) is 5. The van der Waals surface area contributed by atoms with Gasteiger partial charge in [0.1, 0.15) is 17.8 Å². The standard InChI is InChI=1S/C21H24N8/c1-14-5-4-6-17(9-14)27-21(24-12-22)29-8-7-28(11-16(29)3)20-18-15(2)10-23-19(18)25-13-26-20/h4-6,9-10,13,16H,7-8,11H2,1-3H3,(H,24,27)(H,23,25,26). The lowest BCUT2D eigenvalue weighted by atomic mass is 10.1. The lowest BCUT2D eigenvalue weighted by molar-refractivity contribution is 0.291. The molecule has 0 radical (unpaired) electrons. The maximum absolute atomic E-state index is 9.24. The third-order valence-corrected chi connectivity index (χ3v) is 5.25. The van der Waals surface area contributed by atoms with Crippen molar-refractivity contribution < 1.29 is 0 Å². The Kier molecular flexibility index (Phi) is 5.04. The first-order valence-electron chi connectivity index (χ1n) is 9.67. The first-order valence-corrected chi connectivity index (χ1v) is 9.67. The topological polar surface area (TPSA) is 96.2 Å². The molecule has 0 aliphatic carbocycles. The highest BCUT2D eigenvalue weighted by atomic mass is 15.4. The molecule has 0 amide bonds. The summed E-state index contributed by atoms with van der Waals surface area (Å²) in [5.74, 6) is 1.53. The minimum Gasteiger partial charge on any atom is -0.352 e. The maximum atomic E-state index is 9.24. The summed E-state index contributed by atoms with van der Waals surface area (Å²) >= 11 is 0. The first kappa shape index (κ1) is 18.7. The van der Waals surface area contributed by atoms with Crippen molar-refractivity contribution in [3.63, 3.8) is 0 Å². The second kappa shape index (κ2) is 7.80. The number of anilines is 1. The zero-order valence-corrected chi connectivity index (χ0v) is 16.8. The zero-order chi connectivity index (χ0) is 20.4. The highest BCUT2D eigenvalue weighted by molar-refractivity contribution is 5.91. The summed E-state index contributed by atoms with van der Waals surface area (Å²) in [4.78, 5) is 21.2. The van der Waals surface area contributed by atoms with Crippen molar-refractivity contribution in [3.05, 3.63) is 47.9 Å². The van der Waals surface area contributed by atoms with Gasteiger partial charge >= 0.3 is 0 Å². The normalized spacial score (nSPS) is 17.4. The Morgan fingerprint density at radius 3 is 2.93 bits per heavy atom. The molecule has 1 aliphatic heterocycles. The molecule has 1 saturated heterocycles. The molecule has 3 aromatic rings. The molecular formula is C21H24N8. The number of hydrogen-bond donors (Lipinski definition) is 2. The first-order chi connectivity index (χ1) is 14.1. The molecule has 8 nitrogen and oxygen atoms in total. The van der Waals surface area contributed by atoms with E-state index in [2.05, 4.69) is 43.9 Å². The highest BCUT2D eigenvalue weighted by Crippen LogP contribution is 2.27. The molecule has 1 aromatic carbocycles. The van der Waals surface area contributed by atoms with E-state index >= 15 is 0 Å². The van der Waals surface area contributed by atoms with Crippen LogP contribution in [0.15, 0.2) is 41.8 Å². The monoisotopic (exact) mass is 388 g/mol. The van der Waals surface area contributed by atoms with Crippen molar-refractivity contribution in [2.75, 3.05) is 24.5 Å². The van der Waals surface area contributed by atoms with Crippen LogP contribution in [0, 0.1) is 25.3 Å². The predicted molar refractivity (Wildman–Crippen MR) is 114 cm³/mol. The van der Waals surface area contributed by atoms with Crippen LogP contribution in [0.2, 0.25) is 0 Å². The third-order valence-electron chi connectivity index (χ3n) is 5.25. The van der Waals surface area contributed by atoms with E-state index in [4.69, 9.17) is 4.99 Å². The van der Waals surface area contributed by atoms with Crippen LogP contribution in [0.1, 0.15) is 18.1 Å². The molecule has 0 saturated carbocycles. The lowest BCUT2D eigenvalue weighted by Gasteiger charge is -2.41. The summed E-state index contributed by atoms with van der Waals surface area (Å²) in [5.41, 5.74) is 3.96. The number of aliphatic imine (C=N–C) groups is 1. The molecule has 0 bridgehead atoms. The smallest absolute Gasteiger partial charge is 0.212 e. The van der Waals surface area contributed by atoms with E-state index in [0.717, 1.165) is 53.3 Å². The van der Waals surface area contributed by atoms with Crippen molar-refractivity contribution in [2.24, 2.45) is 4.99 Å². The number of aromatic nitrogens is 3. The molecule has 29 heavy (non-hydrogen) atoms. The molecule has 1 aliphatic rings. The fourth-order valence-corrected chi connectivity index (χ4v) is 3.84. The van der Waals surface area contributed by atoms with Gasteiger partial charge < -0.3 is 14.8 Å². The van der Waals surface area contributed by atoms with E-state index in [1.165, 1.54) is 0 Å². The molecule has 1 atom stereocenters. The van der Waals surface area contributed by atoms with Gasteiger partial charge in [0.2, 0.25) is 5.96 Å². The molecule has 1 unspecified atom stereocenters. The van der Waals surface area contributed by atoms with E-state index in [0.29, 0.717) is 5.96 Å². The van der Waals surface area contributed by atoms with Gasteiger partial charge in [-0.1, -0.05) is 12.1 Å². The number of benzene rings is 1. The van der Waals surface area contributed by atoms with Crippen LogP contribution >= 0.6 is 0 Å². The Hall–Kier alpha value is -3.60. The number of rotatable bonds is 2. The molecule has 4 rings (SSSR count). The number of guanidine groups is 1. The van der Waals surface area contributed by atoms with E-state index in [1.807, 2.05) is 43.6 Å². The van der Waals surface area contributed by atoms with Crippen molar-refractivity contribution in [1.82, 2.24) is 25.2 Å². The maximum Gasteiger partial charge on any atom is 0.212 e. The van der Waals surface area contributed by atoms with Crippen LogP contribution in [0.25, 0.3) is 11.0 Å². The van der Waals surface area contributed by atoms with E-state index in [9.17, 15) is 5.26 Å². The highest BCUT2D eigenvalue weighted by Gasteiger charge is 2.28. The quantitative estimate of drug-likeness (QED) is 0.303. The van der Waals surface area contributed by atoms with Gasteiger partial charge in [-0.05, 0) is 44.0 Å². The number of nitrogens with zero attached hydrogens (tertiary/aromatic N) is 6. The molecule has 0 spiro atoms. The Bertz CT molecular complexity index is 1090. The molecule has 8 heteroatoms. The molecule has 2 N–H and O–H groups in total. The number of fused-ring (bicyclic) bond motifs is 1. The minimum absolute atomic E-state index is 0.150. The Labute approximate surface area is 169 Å². The second-order valence-electron chi connectivity index (χ2n) is 7.39. The number of aryl methyl sites for hydroxylation is 2. The molecule has 2 aromatic heterocycles. The Morgan fingerprint density at radius 2 is 2.17 bits per heavy atom. The largest absolute Gasteiger partial charge is 0.352 e. The lowest BCUT2D eigenvalue weighted by Crippen LogP contribution is -2.56. The SMILES string of the molecule is Cc1cccc(N=C(NC#N)N2CCN(c3ncnc4[nH]cc(C)c34)CC2C)c1. The average molecular weight is 388 g/mol. The number of nitrogens with one attached hydrogen (secondary N) is 2. The van der Waals surface area contributed by atoms with Crippen molar-refractivity contribution in [2.45, 2.75) is 26.8 Å². The summed E-state index contributed by atoms with van der Waals surface area (Å²) in [5, 5.41) is 13.1. The Morgan fingerprint density at radius 1 is 1.31 bits per heavy atom. The van der Waals surface area contributed by atoms with Crippen LogP contribution < -0.4 is 10.2 Å². The van der Waals surface area contributed by atoms with Gasteiger partial charge in [0.05, 0.1) is 11.1 Å². The zero-order valence-electron chi connectivity index (χ0n) is 16.8. The van der Waals surface area contributed by atoms with Crippen LogP contribution in [-0.4, -0.2) is 51.5 Å². The van der Waals surface area contributed by atoms with Crippen molar-refractivity contribution in [1.29, 1.82) is 5.26 Å². The number of nitriles is 1. The summed E-state index contributed by atoms with van der Waals surface area (Å²) in [6.45, 7) is 8.52. The molecule has 3 heterocycles. The van der Waals surface area contributed by atoms with E-state index < -0.39 is 0 Å². The summed E-state index contributed by atoms with van der Waals surface area (Å²) in [6.07, 6.45) is 5.60. The van der Waals surface area contributed by atoms with Gasteiger partial charge in [-0.25, -0.2) is 15.0 Å². The fourth-order valence-electron chi connectivity index (χ4n) is 3.84. The van der Waals surface area contributed by atoms with E-state index in [1.54, 1.807) is 6.33 Å². The average Bonchev–Trinajstić information content (AvgIpc) is 3.09. The van der Waals surface area contributed by atoms with Gasteiger partial charge in [0.25, 0.3) is 0 Å². The van der Waals surface area contributed by atoms with Crippen LogP contribution in [0.5, 0.6) is 0 Å². The number of piperazine rings is 1. The van der Waals surface area contributed by atoms with E-state index in [-0.39, 0.29) is 6.04 Å². The van der Waals surface area contributed by atoms with Gasteiger partial charge in [-0.15, -0.1) is 0 Å². The van der Waals surface area contributed by atoms with Crippen LogP contribution in [0.4, 0.5) is 11.5 Å². The van der Waals surface area contributed by atoms with Crippen LogP contribution in [0.3, 0.4) is 0 Å². The van der Waals surface area contributed by atoms with Gasteiger partial charge in [0.15, 0.2) is 6.19 Å². The summed E-state index contributed by atoms with van der Waals surface area (Å²) in [7, 11) is 0. The predicted octanol–water partition coefficient (Wildman–Crippen LogP) is 2.84. The van der Waals surface area contributed by atoms with Gasteiger partial charge in [0, 0.05) is 31.9 Å². The molecular weight excluding hydrogens is 364 g/mol. The van der Waals surface area contributed by atoms with Crippen molar-refractivity contribution >= 4 is 28.5 Å². The summed E-state index contributed by atoms with van der Waals surface area (Å²) in [6, 6.07) is 8.10. The summed E-state index contributed by atoms with van der Waals surface area (Å²) < 4.78 is 0. The Balaban J connectivity index is 1.59. The third kappa shape index (κ3) is 3.72. The van der Waals surface area contributed by atoms with Crippen LogP contribution in [-0.2, 0) is 0 Å². The molecule has 148 valence electrons. The fraction of sp³-hybridized carbons (Fsp3) is 0.333. The van der Waals surface area contributed by atoms with Gasteiger partial charge in [-0.2, -0.15) is 5.26 Å². The minimum atomic E-state index is 0.150. The van der Waals surface area contributed by atoms with Crippen molar-refractivity contribution in [3.8, 4) is 6.19 Å². The number of H-pyrrole nitrogens is 1. The molecule has 1 fully saturated rings. The second-order valence-corrected chi connectivity index (χ2v) is 7.39. The van der Waals surface area contributed by atoms with Gasteiger partial charge in [-0.3, -0.25) is 5.32 Å². The number of aromatic amines is 1.